The van der Waals surface area contributed by atoms with E-state index < -0.39 is 0 Å². The van der Waals surface area contributed by atoms with Gasteiger partial charge in [0, 0.05) is 24.2 Å². The Morgan fingerprint density at radius 1 is 1.15 bits per heavy atom. The Hall–Kier alpha value is -3.35. The van der Waals surface area contributed by atoms with Gasteiger partial charge in [-0.25, -0.2) is 4.98 Å². The molecule has 3 aromatic rings. The van der Waals surface area contributed by atoms with E-state index in [0.717, 1.165) is 5.56 Å². The number of aryl methyl sites for hydroxylation is 1. The summed E-state index contributed by atoms with van der Waals surface area (Å²) in [6.07, 6.45) is -0.0306. The average Bonchev–Trinajstić information content (AvgIpc) is 3.11. The van der Waals surface area contributed by atoms with Gasteiger partial charge in [-0.3, -0.25) is 9.59 Å². The van der Waals surface area contributed by atoms with Crippen LogP contribution in [-0.4, -0.2) is 33.9 Å². The van der Waals surface area contributed by atoms with Crippen molar-refractivity contribution in [2.45, 2.75) is 26.2 Å². The molecule has 0 aliphatic rings. The van der Waals surface area contributed by atoms with Gasteiger partial charge in [0.15, 0.2) is 11.6 Å². The molecule has 0 unspecified atom stereocenters. The van der Waals surface area contributed by atoms with Gasteiger partial charge in [-0.15, -0.1) is 0 Å². The normalized spacial score (nSPS) is 11.8. The quantitative estimate of drug-likeness (QED) is 0.675. The highest BCUT2D eigenvalue weighted by Gasteiger charge is 2.19. The smallest absolute Gasteiger partial charge is 0.269 e. The first-order valence-corrected chi connectivity index (χ1v) is 8.59. The second-order valence-electron chi connectivity index (χ2n) is 6.21. The Kier molecular flexibility index (Phi) is 5.40. The Morgan fingerprint density at radius 3 is 2.52 bits per heavy atom. The lowest BCUT2D eigenvalue weighted by atomic mass is 9.95. The summed E-state index contributed by atoms with van der Waals surface area (Å²) in [5, 5.41) is 6.25. The molecule has 0 aliphatic carbocycles. The number of benzene rings is 1. The van der Waals surface area contributed by atoms with Crippen molar-refractivity contribution in [2.75, 3.05) is 7.05 Å². The SMILES string of the molecule is CNC(=O)c1cc(C(=O)Cc2nc(C)no2)cc([C@@H](C)c2ccccc2)n1. The number of aromatic nitrogens is 3. The molecule has 0 saturated heterocycles. The maximum atomic E-state index is 12.7. The molecule has 3 rings (SSSR count). The predicted molar refractivity (Wildman–Crippen MR) is 98.7 cm³/mol. The van der Waals surface area contributed by atoms with Crippen molar-refractivity contribution in [1.29, 1.82) is 0 Å². The zero-order chi connectivity index (χ0) is 19.4. The van der Waals surface area contributed by atoms with Crippen molar-refractivity contribution in [1.82, 2.24) is 20.4 Å². The van der Waals surface area contributed by atoms with E-state index in [1.807, 2.05) is 37.3 Å². The first kappa shape index (κ1) is 18.4. The van der Waals surface area contributed by atoms with Crippen molar-refractivity contribution in [3.05, 3.63) is 76.7 Å². The molecule has 1 N–H and O–H groups in total. The molecule has 0 fully saturated rings. The van der Waals surface area contributed by atoms with E-state index in [1.165, 1.54) is 13.1 Å². The summed E-state index contributed by atoms with van der Waals surface area (Å²) in [5.74, 6) is 0.0750. The zero-order valence-corrected chi connectivity index (χ0v) is 15.4. The van der Waals surface area contributed by atoms with Gasteiger partial charge in [-0.2, -0.15) is 4.98 Å². The monoisotopic (exact) mass is 364 g/mol. The van der Waals surface area contributed by atoms with Crippen LogP contribution in [0.15, 0.2) is 47.0 Å². The molecule has 1 aromatic carbocycles. The molecule has 7 heteroatoms. The summed E-state index contributed by atoms with van der Waals surface area (Å²) in [5.41, 5.74) is 2.28. The number of Topliss-reactive ketones (excluding diaryl/α,β-unsaturated/α-hetero) is 1. The molecular weight excluding hydrogens is 344 g/mol. The molecule has 138 valence electrons. The van der Waals surface area contributed by atoms with Crippen LogP contribution in [0.2, 0.25) is 0 Å². The summed E-state index contributed by atoms with van der Waals surface area (Å²) in [6, 6.07) is 13.0. The van der Waals surface area contributed by atoms with Crippen LogP contribution in [0.4, 0.5) is 0 Å². The van der Waals surface area contributed by atoms with Crippen LogP contribution in [0.25, 0.3) is 0 Å². The van der Waals surface area contributed by atoms with E-state index in [2.05, 4.69) is 20.4 Å². The van der Waals surface area contributed by atoms with Gasteiger partial charge >= 0.3 is 0 Å². The van der Waals surface area contributed by atoms with E-state index in [0.29, 0.717) is 17.1 Å². The van der Waals surface area contributed by atoms with Gasteiger partial charge in [-0.1, -0.05) is 42.4 Å². The predicted octanol–water partition coefficient (Wildman–Crippen LogP) is 2.71. The molecule has 2 aromatic heterocycles. The summed E-state index contributed by atoms with van der Waals surface area (Å²) in [7, 11) is 1.53. The van der Waals surface area contributed by atoms with E-state index in [4.69, 9.17) is 4.52 Å². The minimum atomic E-state index is -0.347. The van der Waals surface area contributed by atoms with Crippen LogP contribution < -0.4 is 5.32 Å². The Bertz CT molecular complexity index is 966. The first-order valence-electron chi connectivity index (χ1n) is 8.59. The Labute approximate surface area is 156 Å². The minimum absolute atomic E-state index is 0.0306. The molecule has 1 atom stereocenters. The average molecular weight is 364 g/mol. The molecule has 0 radical (unpaired) electrons. The Balaban J connectivity index is 1.97. The van der Waals surface area contributed by atoms with Gasteiger partial charge < -0.3 is 9.84 Å². The van der Waals surface area contributed by atoms with Gasteiger partial charge in [0.25, 0.3) is 5.91 Å². The number of nitrogens with one attached hydrogen (secondary N) is 1. The van der Waals surface area contributed by atoms with Crippen molar-refractivity contribution in [3.63, 3.8) is 0 Å². The van der Waals surface area contributed by atoms with Crippen molar-refractivity contribution in [3.8, 4) is 0 Å². The number of nitrogens with zero attached hydrogens (tertiary/aromatic N) is 3. The number of amides is 1. The number of rotatable bonds is 6. The van der Waals surface area contributed by atoms with Crippen molar-refractivity contribution >= 4 is 11.7 Å². The largest absolute Gasteiger partial charge is 0.354 e. The maximum Gasteiger partial charge on any atom is 0.269 e. The molecule has 1 amide bonds. The number of carbonyl (C=O) groups excluding carboxylic acids is 2. The lowest BCUT2D eigenvalue weighted by Crippen LogP contribution is -2.21. The first-order chi connectivity index (χ1) is 13.0. The summed E-state index contributed by atoms with van der Waals surface area (Å²) >= 11 is 0. The molecule has 2 heterocycles. The van der Waals surface area contributed by atoms with Gasteiger partial charge in [0.2, 0.25) is 5.89 Å². The van der Waals surface area contributed by atoms with E-state index in [1.54, 1.807) is 13.0 Å². The summed E-state index contributed by atoms with van der Waals surface area (Å²) in [6.45, 7) is 3.67. The van der Waals surface area contributed by atoms with Gasteiger partial charge in [-0.05, 0) is 24.6 Å². The Morgan fingerprint density at radius 2 is 1.89 bits per heavy atom. The molecule has 0 spiro atoms. The fraction of sp³-hybridized carbons (Fsp3) is 0.250. The molecule has 0 bridgehead atoms. The lowest BCUT2D eigenvalue weighted by Gasteiger charge is -2.14. The van der Waals surface area contributed by atoms with Crippen LogP contribution in [-0.2, 0) is 6.42 Å². The molecular formula is C20H20N4O3. The topological polar surface area (TPSA) is 98.0 Å². The van der Waals surface area contributed by atoms with Crippen LogP contribution >= 0.6 is 0 Å². The fourth-order valence-electron chi connectivity index (χ4n) is 2.74. The van der Waals surface area contributed by atoms with Crippen molar-refractivity contribution < 1.29 is 14.1 Å². The van der Waals surface area contributed by atoms with Gasteiger partial charge in [0.1, 0.15) is 5.69 Å². The van der Waals surface area contributed by atoms with E-state index in [-0.39, 0.29) is 35.6 Å². The van der Waals surface area contributed by atoms with Crippen LogP contribution in [0, 0.1) is 6.92 Å². The number of carbonyl (C=O) groups is 2. The fourth-order valence-corrected chi connectivity index (χ4v) is 2.74. The molecule has 0 saturated carbocycles. The molecule has 27 heavy (non-hydrogen) atoms. The number of ketones is 1. The second-order valence-corrected chi connectivity index (χ2v) is 6.21. The summed E-state index contributed by atoms with van der Waals surface area (Å²) in [4.78, 5) is 33.4. The highest BCUT2D eigenvalue weighted by Crippen LogP contribution is 2.24. The number of pyridine rings is 1. The van der Waals surface area contributed by atoms with Crippen LogP contribution in [0.5, 0.6) is 0 Å². The number of hydrogen-bond donors (Lipinski definition) is 1. The maximum absolute atomic E-state index is 12.7. The summed E-state index contributed by atoms with van der Waals surface area (Å²) < 4.78 is 5.03. The standard InChI is InChI=1S/C20H20N4O3/c1-12(14-7-5-4-6-8-14)16-9-15(10-17(23-16)20(26)21-3)18(25)11-19-22-13(2)24-27-19/h4-10,12H,11H2,1-3H3,(H,21,26)/t12-/m0/s1. The zero-order valence-electron chi connectivity index (χ0n) is 15.4. The second kappa shape index (κ2) is 7.90. The third-order valence-corrected chi connectivity index (χ3v) is 4.25. The van der Waals surface area contributed by atoms with Crippen LogP contribution in [0.1, 0.15) is 56.7 Å². The van der Waals surface area contributed by atoms with E-state index in [9.17, 15) is 9.59 Å². The highest BCUT2D eigenvalue weighted by molar-refractivity contribution is 6.00. The number of hydrogen-bond acceptors (Lipinski definition) is 6. The molecule has 7 nitrogen and oxygen atoms in total. The highest BCUT2D eigenvalue weighted by atomic mass is 16.5. The minimum Gasteiger partial charge on any atom is -0.354 e. The van der Waals surface area contributed by atoms with Crippen LogP contribution in [0.3, 0.4) is 0 Å². The van der Waals surface area contributed by atoms with Crippen molar-refractivity contribution in [2.24, 2.45) is 0 Å². The van der Waals surface area contributed by atoms with E-state index >= 15 is 0 Å². The third-order valence-electron chi connectivity index (χ3n) is 4.25. The lowest BCUT2D eigenvalue weighted by molar-refractivity contribution is 0.0958. The third kappa shape index (κ3) is 4.25. The van der Waals surface area contributed by atoms with Gasteiger partial charge in [0.05, 0.1) is 6.42 Å². The molecule has 0 aliphatic heterocycles.